The summed E-state index contributed by atoms with van der Waals surface area (Å²) in [7, 11) is 1.69. The van der Waals surface area contributed by atoms with Gasteiger partial charge >= 0.3 is 0 Å². The molecule has 5 fully saturated rings. The number of nitrogens with zero attached hydrogens (tertiary/aromatic N) is 6. The summed E-state index contributed by atoms with van der Waals surface area (Å²) >= 11 is 0. The van der Waals surface area contributed by atoms with Crippen LogP contribution in [0, 0.1) is 17.3 Å². The minimum absolute atomic E-state index is 0.0287. The van der Waals surface area contributed by atoms with Crippen LogP contribution in [-0.4, -0.2) is 64.3 Å². The van der Waals surface area contributed by atoms with Crippen LogP contribution in [0.5, 0.6) is 5.75 Å². The third kappa shape index (κ3) is 3.35. The van der Waals surface area contributed by atoms with E-state index in [-0.39, 0.29) is 11.0 Å². The second-order valence-electron chi connectivity index (χ2n) is 10.7. The van der Waals surface area contributed by atoms with Crippen molar-refractivity contribution in [3.05, 3.63) is 30.6 Å². The molecule has 4 saturated carbocycles. The average Bonchev–Trinajstić information content (AvgIpc) is 3.34. The van der Waals surface area contributed by atoms with E-state index in [1.165, 1.54) is 37.8 Å². The van der Waals surface area contributed by atoms with Gasteiger partial charge in [0.2, 0.25) is 5.91 Å². The predicted molar refractivity (Wildman–Crippen MR) is 119 cm³/mol. The fraction of sp³-hybridized carbons (Fsp3) is 0.667. The Bertz CT molecular complexity index is 953. The van der Waals surface area contributed by atoms with Gasteiger partial charge in [0.15, 0.2) is 0 Å². The standard InChI is InChI=1S/C24H32N6O2/c1-32-21-4-2-20(3-5-21)28-6-8-29(9-7-28)22(31)15-23-11-18-10-19(12-23)14-24(13-18,16-23)30-17-25-26-27-30/h2-5,17-19H,6-16H2,1H3. The summed E-state index contributed by atoms with van der Waals surface area (Å²) < 4.78 is 7.29. The molecule has 1 aromatic carbocycles. The van der Waals surface area contributed by atoms with Gasteiger partial charge in [-0.05, 0) is 90.5 Å². The van der Waals surface area contributed by atoms with Gasteiger partial charge in [-0.25, -0.2) is 4.68 Å². The van der Waals surface area contributed by atoms with Crippen molar-refractivity contribution in [3.63, 3.8) is 0 Å². The third-order valence-electron chi connectivity index (χ3n) is 8.58. The van der Waals surface area contributed by atoms with Crippen molar-refractivity contribution in [2.24, 2.45) is 17.3 Å². The lowest BCUT2D eigenvalue weighted by molar-refractivity contribution is -0.146. The molecule has 7 rings (SSSR count). The SMILES string of the molecule is COc1ccc(N2CCN(C(=O)CC34CC5CC(C3)CC(n3cnnn3)(C5)C4)CC2)cc1. The first kappa shape index (κ1) is 20.0. The Morgan fingerprint density at radius 2 is 1.78 bits per heavy atom. The molecule has 5 aliphatic rings. The molecule has 32 heavy (non-hydrogen) atoms. The normalized spacial score (nSPS) is 33.5. The van der Waals surface area contributed by atoms with Crippen LogP contribution < -0.4 is 9.64 Å². The Labute approximate surface area is 188 Å². The Balaban J connectivity index is 1.12. The number of carbonyl (C=O) groups excluding carboxylic acids is 1. The molecular weight excluding hydrogens is 404 g/mol. The largest absolute Gasteiger partial charge is 0.497 e. The van der Waals surface area contributed by atoms with E-state index < -0.39 is 0 Å². The number of piperazine rings is 1. The summed E-state index contributed by atoms with van der Waals surface area (Å²) in [6.45, 7) is 3.35. The Hall–Kier alpha value is -2.64. The molecule has 2 unspecified atom stereocenters. The van der Waals surface area contributed by atoms with E-state index in [1.54, 1.807) is 13.4 Å². The summed E-state index contributed by atoms with van der Waals surface area (Å²) in [5, 5.41) is 12.1. The van der Waals surface area contributed by atoms with Crippen molar-refractivity contribution < 1.29 is 9.53 Å². The quantitative estimate of drug-likeness (QED) is 0.717. The number of ether oxygens (including phenoxy) is 1. The second-order valence-corrected chi connectivity index (χ2v) is 10.7. The summed E-state index contributed by atoms with van der Waals surface area (Å²) in [4.78, 5) is 17.9. The van der Waals surface area contributed by atoms with E-state index in [0.717, 1.165) is 38.3 Å². The maximum absolute atomic E-state index is 13.4. The van der Waals surface area contributed by atoms with Crippen LogP contribution in [0.1, 0.15) is 44.9 Å². The molecule has 2 heterocycles. The molecule has 1 saturated heterocycles. The first-order valence-corrected chi connectivity index (χ1v) is 12.0. The van der Waals surface area contributed by atoms with Gasteiger partial charge in [-0.15, -0.1) is 5.10 Å². The van der Waals surface area contributed by atoms with Crippen LogP contribution in [0.3, 0.4) is 0 Å². The van der Waals surface area contributed by atoms with Crippen molar-refractivity contribution in [2.45, 2.75) is 50.5 Å². The van der Waals surface area contributed by atoms with E-state index in [1.807, 2.05) is 16.8 Å². The minimum atomic E-state index is 0.0287. The highest BCUT2D eigenvalue weighted by molar-refractivity contribution is 5.77. The second kappa shape index (κ2) is 7.46. The minimum Gasteiger partial charge on any atom is -0.497 e. The molecule has 1 aromatic heterocycles. The number of hydrogen-bond acceptors (Lipinski definition) is 6. The topological polar surface area (TPSA) is 76.4 Å². The van der Waals surface area contributed by atoms with E-state index in [0.29, 0.717) is 24.2 Å². The number of hydrogen-bond donors (Lipinski definition) is 0. The van der Waals surface area contributed by atoms with E-state index >= 15 is 0 Å². The predicted octanol–water partition coefficient (Wildman–Crippen LogP) is 2.72. The van der Waals surface area contributed by atoms with Gasteiger partial charge in [-0.1, -0.05) is 0 Å². The summed E-state index contributed by atoms with van der Waals surface area (Å²) in [5.41, 5.74) is 1.35. The van der Waals surface area contributed by atoms with Gasteiger partial charge in [0, 0.05) is 38.3 Å². The van der Waals surface area contributed by atoms with Gasteiger partial charge in [-0.2, -0.15) is 0 Å². The van der Waals surface area contributed by atoms with E-state index in [9.17, 15) is 4.79 Å². The van der Waals surface area contributed by atoms with Crippen molar-refractivity contribution >= 4 is 11.6 Å². The van der Waals surface area contributed by atoms with E-state index in [4.69, 9.17) is 4.74 Å². The van der Waals surface area contributed by atoms with Crippen LogP contribution in [-0.2, 0) is 10.3 Å². The fourth-order valence-electron chi connectivity index (χ4n) is 7.70. The number of carbonyl (C=O) groups is 1. The molecule has 0 radical (unpaired) electrons. The van der Waals surface area contributed by atoms with Gasteiger partial charge < -0.3 is 14.5 Å². The Morgan fingerprint density at radius 3 is 2.41 bits per heavy atom. The number of aromatic nitrogens is 4. The first-order valence-electron chi connectivity index (χ1n) is 12.0. The highest BCUT2D eigenvalue weighted by Gasteiger charge is 2.59. The van der Waals surface area contributed by atoms with Gasteiger partial charge in [0.25, 0.3) is 0 Å². The van der Waals surface area contributed by atoms with Crippen LogP contribution in [0.15, 0.2) is 30.6 Å². The van der Waals surface area contributed by atoms with Crippen molar-refractivity contribution in [1.29, 1.82) is 0 Å². The van der Waals surface area contributed by atoms with Crippen LogP contribution in [0.25, 0.3) is 0 Å². The molecule has 4 aliphatic carbocycles. The van der Waals surface area contributed by atoms with E-state index in [2.05, 4.69) is 37.5 Å². The Kier molecular flexibility index (Phi) is 4.66. The molecule has 2 atom stereocenters. The molecule has 8 heteroatoms. The lowest BCUT2D eigenvalue weighted by atomic mass is 9.46. The maximum atomic E-state index is 13.4. The zero-order valence-electron chi connectivity index (χ0n) is 18.8. The molecule has 1 aliphatic heterocycles. The van der Waals surface area contributed by atoms with Crippen LogP contribution >= 0.6 is 0 Å². The molecule has 170 valence electrons. The number of anilines is 1. The smallest absolute Gasteiger partial charge is 0.223 e. The van der Waals surface area contributed by atoms with Crippen molar-refractivity contribution in [3.8, 4) is 5.75 Å². The van der Waals surface area contributed by atoms with Crippen LogP contribution in [0.4, 0.5) is 5.69 Å². The average molecular weight is 437 g/mol. The monoisotopic (exact) mass is 436 g/mol. The van der Waals surface area contributed by atoms with Gasteiger partial charge in [0.05, 0.1) is 12.6 Å². The molecule has 1 amide bonds. The molecule has 0 N–H and O–H groups in total. The zero-order valence-corrected chi connectivity index (χ0v) is 18.8. The van der Waals surface area contributed by atoms with Crippen molar-refractivity contribution in [2.75, 3.05) is 38.2 Å². The number of tetrazole rings is 1. The molecule has 2 aromatic rings. The molecule has 8 nitrogen and oxygen atoms in total. The highest BCUT2D eigenvalue weighted by Crippen LogP contribution is 2.65. The Morgan fingerprint density at radius 1 is 1.06 bits per heavy atom. The molecule has 4 bridgehead atoms. The third-order valence-corrected chi connectivity index (χ3v) is 8.58. The van der Waals surface area contributed by atoms with Gasteiger partial charge in [0.1, 0.15) is 12.1 Å². The number of benzene rings is 1. The zero-order chi connectivity index (χ0) is 21.8. The summed E-state index contributed by atoms with van der Waals surface area (Å²) in [6, 6.07) is 8.20. The lowest BCUT2D eigenvalue weighted by Crippen LogP contribution is -2.58. The summed E-state index contributed by atoms with van der Waals surface area (Å²) in [6.07, 6.45) is 9.59. The number of rotatable bonds is 5. The van der Waals surface area contributed by atoms with Crippen LogP contribution in [0.2, 0.25) is 0 Å². The van der Waals surface area contributed by atoms with Crippen molar-refractivity contribution in [1.82, 2.24) is 25.1 Å². The molecule has 0 spiro atoms. The summed E-state index contributed by atoms with van der Waals surface area (Å²) in [5.74, 6) is 2.63. The number of amides is 1. The van der Waals surface area contributed by atoms with Gasteiger partial charge in [-0.3, -0.25) is 4.79 Å². The lowest BCUT2D eigenvalue weighted by Gasteiger charge is -2.61. The highest BCUT2D eigenvalue weighted by atomic mass is 16.5. The maximum Gasteiger partial charge on any atom is 0.223 e. The fourth-order valence-corrected chi connectivity index (χ4v) is 7.70. The molecular formula is C24H32N6O2. The first-order chi connectivity index (χ1) is 15.6. The number of methoxy groups -OCH3 is 1.